The van der Waals surface area contributed by atoms with Crippen molar-refractivity contribution in [3.05, 3.63) is 41.4 Å². The third-order valence-electron chi connectivity index (χ3n) is 2.47. The summed E-state index contributed by atoms with van der Waals surface area (Å²) in [6, 6.07) is 4.94. The largest absolute Gasteiger partial charge is 0.478 e. The Bertz CT molecular complexity index is 683. The van der Waals surface area contributed by atoms with E-state index in [1.54, 1.807) is 6.92 Å². The number of nitrogens with one attached hydrogen (secondary N) is 1. The number of hydrogen-bond donors (Lipinski definition) is 2. The summed E-state index contributed by atoms with van der Waals surface area (Å²) in [4.78, 5) is 22.6. The van der Waals surface area contributed by atoms with E-state index in [1.807, 2.05) is 0 Å². The minimum Gasteiger partial charge on any atom is -0.478 e. The number of aromatic carboxylic acids is 1. The van der Waals surface area contributed by atoms with Crippen LogP contribution in [0.2, 0.25) is 0 Å². The molecule has 1 amide bonds. The molecule has 1 heterocycles. The lowest BCUT2D eigenvalue weighted by Gasteiger charge is -2.09. The van der Waals surface area contributed by atoms with E-state index in [0.717, 1.165) is 6.07 Å². The molecular formula is C13H11FN2O5. The maximum Gasteiger partial charge on any atom is 0.337 e. The first kappa shape index (κ1) is 14.5. The second-order valence-electron chi connectivity index (χ2n) is 4.08. The summed E-state index contributed by atoms with van der Waals surface area (Å²) in [6.07, 6.45) is 0. The molecular weight excluding hydrogens is 283 g/mol. The van der Waals surface area contributed by atoms with Crippen molar-refractivity contribution in [2.24, 2.45) is 0 Å². The third-order valence-corrected chi connectivity index (χ3v) is 2.47. The first-order valence-electron chi connectivity index (χ1n) is 5.85. The zero-order chi connectivity index (χ0) is 15.4. The summed E-state index contributed by atoms with van der Waals surface area (Å²) in [5.74, 6) is -2.30. The van der Waals surface area contributed by atoms with Crippen molar-refractivity contribution in [1.29, 1.82) is 0 Å². The van der Waals surface area contributed by atoms with Crippen molar-refractivity contribution in [2.75, 3.05) is 11.9 Å². The van der Waals surface area contributed by atoms with Gasteiger partial charge in [0, 0.05) is 6.07 Å². The Morgan fingerprint density at radius 2 is 2.24 bits per heavy atom. The van der Waals surface area contributed by atoms with Crippen LogP contribution in [0.4, 0.5) is 10.1 Å². The third kappa shape index (κ3) is 3.56. The van der Waals surface area contributed by atoms with Gasteiger partial charge in [-0.2, -0.15) is 0 Å². The summed E-state index contributed by atoms with van der Waals surface area (Å²) >= 11 is 0. The molecule has 0 aliphatic carbocycles. The molecule has 0 unspecified atom stereocenters. The van der Waals surface area contributed by atoms with Crippen LogP contribution in [0.25, 0.3) is 0 Å². The number of hydrogen-bond acceptors (Lipinski definition) is 5. The lowest BCUT2D eigenvalue weighted by atomic mass is 10.1. The number of para-hydroxylation sites is 1. The first-order chi connectivity index (χ1) is 9.97. The highest BCUT2D eigenvalue weighted by Gasteiger charge is 2.17. The topological polar surface area (TPSA) is 102 Å². The predicted molar refractivity (Wildman–Crippen MR) is 68.7 cm³/mol. The zero-order valence-electron chi connectivity index (χ0n) is 10.9. The maximum absolute atomic E-state index is 13.6. The van der Waals surface area contributed by atoms with Crippen LogP contribution < -0.4 is 10.1 Å². The number of carboxylic acids is 1. The Morgan fingerprint density at radius 3 is 2.86 bits per heavy atom. The van der Waals surface area contributed by atoms with Crippen LogP contribution in [-0.4, -0.2) is 28.7 Å². The lowest BCUT2D eigenvalue weighted by molar-refractivity contribution is -0.118. The van der Waals surface area contributed by atoms with Gasteiger partial charge in [-0.3, -0.25) is 4.79 Å². The average Bonchev–Trinajstić information content (AvgIpc) is 2.84. The minimum atomic E-state index is -1.35. The highest BCUT2D eigenvalue weighted by Crippen LogP contribution is 2.20. The molecule has 0 saturated carbocycles. The van der Waals surface area contributed by atoms with Crippen molar-refractivity contribution in [3.8, 4) is 5.88 Å². The van der Waals surface area contributed by atoms with Crippen LogP contribution in [-0.2, 0) is 4.79 Å². The number of halogens is 1. The monoisotopic (exact) mass is 294 g/mol. The van der Waals surface area contributed by atoms with E-state index in [2.05, 4.69) is 10.5 Å². The first-order valence-corrected chi connectivity index (χ1v) is 5.85. The van der Waals surface area contributed by atoms with Gasteiger partial charge in [-0.15, -0.1) is 0 Å². The van der Waals surface area contributed by atoms with Crippen LogP contribution in [0.5, 0.6) is 5.88 Å². The fourth-order valence-corrected chi connectivity index (χ4v) is 1.56. The molecule has 7 nitrogen and oxygen atoms in total. The molecule has 0 saturated heterocycles. The summed E-state index contributed by atoms with van der Waals surface area (Å²) in [5.41, 5.74) is -0.754. The highest BCUT2D eigenvalue weighted by molar-refractivity contribution is 6.01. The van der Waals surface area contributed by atoms with Gasteiger partial charge in [0.1, 0.15) is 11.6 Å². The summed E-state index contributed by atoms with van der Waals surface area (Å²) in [7, 11) is 0. The molecule has 8 heteroatoms. The normalized spacial score (nSPS) is 10.2. The van der Waals surface area contributed by atoms with E-state index in [1.165, 1.54) is 18.2 Å². The van der Waals surface area contributed by atoms with Crippen LogP contribution in [0.15, 0.2) is 28.8 Å². The summed E-state index contributed by atoms with van der Waals surface area (Å²) in [5, 5.41) is 14.6. The van der Waals surface area contributed by atoms with E-state index in [0.29, 0.717) is 5.76 Å². The molecule has 0 aliphatic heterocycles. The van der Waals surface area contributed by atoms with E-state index in [-0.39, 0.29) is 11.4 Å². The van der Waals surface area contributed by atoms with Gasteiger partial charge in [0.05, 0.1) is 11.3 Å². The number of rotatable bonds is 5. The quantitative estimate of drug-likeness (QED) is 0.872. The number of carbonyl (C=O) groups excluding carboxylic acids is 1. The summed E-state index contributed by atoms with van der Waals surface area (Å²) < 4.78 is 23.3. The number of benzene rings is 1. The van der Waals surface area contributed by atoms with Gasteiger partial charge in [0.2, 0.25) is 0 Å². The Kier molecular flexibility index (Phi) is 4.17. The minimum absolute atomic E-state index is 0.106. The van der Waals surface area contributed by atoms with Crippen molar-refractivity contribution >= 4 is 17.6 Å². The molecule has 1 aromatic heterocycles. The van der Waals surface area contributed by atoms with Gasteiger partial charge in [0.15, 0.2) is 6.61 Å². The number of aromatic nitrogens is 1. The molecule has 0 radical (unpaired) electrons. The van der Waals surface area contributed by atoms with Crippen molar-refractivity contribution in [2.45, 2.75) is 6.92 Å². The lowest BCUT2D eigenvalue weighted by Crippen LogP contribution is -2.22. The molecule has 0 fully saturated rings. The van der Waals surface area contributed by atoms with Crippen LogP contribution >= 0.6 is 0 Å². The number of carboxylic acid groups (broad SMARTS) is 1. The molecule has 1 aromatic carbocycles. The Hall–Kier alpha value is -2.90. The smallest absolute Gasteiger partial charge is 0.337 e. The molecule has 110 valence electrons. The Balaban J connectivity index is 2.04. The van der Waals surface area contributed by atoms with Crippen LogP contribution in [0, 0.1) is 12.7 Å². The Labute approximate surface area is 118 Å². The number of ether oxygens (including phenoxy) is 1. The molecule has 21 heavy (non-hydrogen) atoms. The van der Waals surface area contributed by atoms with Gasteiger partial charge < -0.3 is 19.7 Å². The number of amides is 1. The number of anilines is 1. The molecule has 0 aliphatic rings. The van der Waals surface area contributed by atoms with Gasteiger partial charge in [-0.05, 0) is 24.2 Å². The predicted octanol–water partition coefficient (Wildman–Crippen LogP) is 1.84. The summed E-state index contributed by atoms with van der Waals surface area (Å²) in [6.45, 7) is 1.19. The Morgan fingerprint density at radius 1 is 1.48 bits per heavy atom. The van der Waals surface area contributed by atoms with Gasteiger partial charge in [-0.25, -0.2) is 9.18 Å². The molecule has 2 rings (SSSR count). The molecule has 0 atom stereocenters. The van der Waals surface area contributed by atoms with E-state index in [9.17, 15) is 14.0 Å². The van der Waals surface area contributed by atoms with E-state index in [4.69, 9.17) is 14.4 Å². The van der Waals surface area contributed by atoms with E-state index >= 15 is 0 Å². The van der Waals surface area contributed by atoms with Gasteiger partial charge >= 0.3 is 5.97 Å². The van der Waals surface area contributed by atoms with Crippen molar-refractivity contribution in [1.82, 2.24) is 5.16 Å². The van der Waals surface area contributed by atoms with Gasteiger partial charge in [0.25, 0.3) is 11.8 Å². The highest BCUT2D eigenvalue weighted by atomic mass is 19.1. The number of aryl methyl sites for hydroxylation is 1. The SMILES string of the molecule is Cc1cc(OCC(=O)Nc2c(F)cccc2C(=O)O)no1. The fraction of sp³-hybridized carbons (Fsp3) is 0.154. The van der Waals surface area contributed by atoms with Crippen LogP contribution in [0.1, 0.15) is 16.1 Å². The zero-order valence-corrected chi connectivity index (χ0v) is 10.9. The van der Waals surface area contributed by atoms with E-state index < -0.39 is 30.0 Å². The average molecular weight is 294 g/mol. The fourth-order valence-electron chi connectivity index (χ4n) is 1.56. The van der Waals surface area contributed by atoms with Crippen LogP contribution in [0.3, 0.4) is 0 Å². The van der Waals surface area contributed by atoms with Crippen molar-refractivity contribution in [3.63, 3.8) is 0 Å². The molecule has 0 bridgehead atoms. The maximum atomic E-state index is 13.6. The second-order valence-corrected chi connectivity index (χ2v) is 4.08. The second kappa shape index (κ2) is 6.04. The van der Waals surface area contributed by atoms with Gasteiger partial charge in [-0.1, -0.05) is 6.07 Å². The molecule has 0 spiro atoms. The molecule has 2 aromatic rings. The van der Waals surface area contributed by atoms with Crippen molar-refractivity contribution < 1.29 is 28.3 Å². The molecule has 2 N–H and O–H groups in total. The standard InChI is InChI=1S/C13H11FN2O5/c1-7-5-11(16-21-7)20-6-10(17)15-12-8(13(18)19)3-2-4-9(12)14/h2-5H,6H2,1H3,(H,15,17)(H,18,19). The number of carbonyl (C=O) groups is 2. The number of nitrogens with zero attached hydrogens (tertiary/aromatic N) is 1.